The highest BCUT2D eigenvalue weighted by Gasteiger charge is 1.98. The molecule has 0 radical (unpaired) electrons. The van der Waals surface area contributed by atoms with Crippen molar-refractivity contribution in [3.8, 4) is 0 Å². The summed E-state index contributed by atoms with van der Waals surface area (Å²) in [5, 5.41) is 7.70. The summed E-state index contributed by atoms with van der Waals surface area (Å²) in [5.74, 6) is 0.380. The van der Waals surface area contributed by atoms with Gasteiger partial charge in [0.2, 0.25) is 0 Å². The quantitative estimate of drug-likeness (QED) is 0.503. The van der Waals surface area contributed by atoms with E-state index in [1.54, 1.807) is 12.4 Å². The van der Waals surface area contributed by atoms with E-state index in [1.807, 2.05) is 0 Å². The van der Waals surface area contributed by atoms with Crippen molar-refractivity contribution in [1.82, 2.24) is 10.3 Å². The van der Waals surface area contributed by atoms with Gasteiger partial charge in [0.15, 0.2) is 0 Å². The summed E-state index contributed by atoms with van der Waals surface area (Å²) in [6.45, 7) is 0. The maximum Gasteiger partial charge on any atom is 0.348 e. The average molecular weight is 110 g/mol. The lowest BCUT2D eigenvalue weighted by Gasteiger charge is -1.61. The molecule has 0 atom stereocenters. The number of hydrogen-bond acceptors (Lipinski definition) is 4. The zero-order valence-corrected chi connectivity index (χ0v) is 3.87. The molecule has 40 valence electrons. The van der Waals surface area contributed by atoms with Gasteiger partial charge in [-0.15, -0.1) is 0 Å². The van der Waals surface area contributed by atoms with Crippen molar-refractivity contribution in [3.05, 3.63) is 12.4 Å². The van der Waals surface area contributed by atoms with Gasteiger partial charge in [-0.2, -0.15) is 0 Å². The molecule has 2 heterocycles. The van der Waals surface area contributed by atoms with Crippen molar-refractivity contribution in [2.75, 3.05) is 0 Å². The van der Waals surface area contributed by atoms with E-state index in [0.717, 1.165) is 5.39 Å². The summed E-state index contributed by atoms with van der Waals surface area (Å²) < 4.78 is 9.16. The molecule has 4 nitrogen and oxygen atoms in total. The smallest absolute Gasteiger partial charge is 0.315 e. The predicted octanol–water partition coefficient (Wildman–Crippen LogP) is 0.816. The van der Waals surface area contributed by atoms with Crippen LogP contribution >= 0.6 is 0 Å². The second kappa shape index (κ2) is 1.09. The van der Waals surface area contributed by atoms with Gasteiger partial charge in [0.25, 0.3) is 0 Å². The van der Waals surface area contributed by atoms with Crippen molar-refractivity contribution < 1.29 is 9.05 Å². The van der Waals surface area contributed by atoms with Crippen LogP contribution in [0.25, 0.3) is 11.2 Å². The Labute approximate surface area is 44.0 Å². The van der Waals surface area contributed by atoms with Gasteiger partial charge in [0.1, 0.15) is 5.39 Å². The number of rotatable bonds is 0. The van der Waals surface area contributed by atoms with Gasteiger partial charge >= 0.3 is 5.78 Å². The van der Waals surface area contributed by atoms with Crippen LogP contribution in [0.4, 0.5) is 0 Å². The van der Waals surface area contributed by atoms with Gasteiger partial charge in [-0.05, 0) is 0 Å². The highest BCUT2D eigenvalue weighted by molar-refractivity contribution is 5.67. The first kappa shape index (κ1) is 3.65. The number of aromatic nitrogens is 2. The van der Waals surface area contributed by atoms with Gasteiger partial charge in [-0.1, -0.05) is 10.3 Å². The van der Waals surface area contributed by atoms with Crippen molar-refractivity contribution in [3.63, 3.8) is 0 Å². The average Bonchev–Trinajstić information content (AvgIpc) is 2.15. The maximum absolute atomic E-state index is 4.58. The third-order valence-electron chi connectivity index (χ3n) is 0.891. The molecule has 8 heavy (non-hydrogen) atoms. The SMILES string of the molecule is c1noc2oncc12. The second-order valence-electron chi connectivity index (χ2n) is 1.39. The zero-order valence-electron chi connectivity index (χ0n) is 3.87. The Balaban J connectivity index is 3.06. The zero-order chi connectivity index (χ0) is 5.40. The van der Waals surface area contributed by atoms with Gasteiger partial charge < -0.3 is 9.05 Å². The Kier molecular flexibility index (Phi) is 0.498. The fourth-order valence-corrected chi connectivity index (χ4v) is 0.523. The van der Waals surface area contributed by atoms with E-state index in [4.69, 9.17) is 0 Å². The Hall–Kier alpha value is -1.32. The summed E-state index contributed by atoms with van der Waals surface area (Å²) in [4.78, 5) is 0. The van der Waals surface area contributed by atoms with E-state index >= 15 is 0 Å². The number of fused-ring (bicyclic) bond motifs is 1. The van der Waals surface area contributed by atoms with Crippen LogP contribution in [0.15, 0.2) is 21.4 Å². The molecule has 0 saturated carbocycles. The van der Waals surface area contributed by atoms with Crippen molar-refractivity contribution in [2.24, 2.45) is 0 Å². The van der Waals surface area contributed by atoms with Crippen LogP contribution in [0.3, 0.4) is 0 Å². The highest BCUT2D eigenvalue weighted by atomic mass is 16.6. The first-order valence-corrected chi connectivity index (χ1v) is 2.12. The molecule has 0 unspecified atom stereocenters. The molecule has 0 N–H and O–H groups in total. The predicted molar refractivity (Wildman–Crippen MR) is 24.1 cm³/mol. The first-order chi connectivity index (χ1) is 3.97. The fraction of sp³-hybridized carbons (Fsp3) is 0. The molecule has 2 aromatic rings. The Bertz CT molecular complexity index is 233. The minimum atomic E-state index is 0.380. The Morgan fingerprint density at radius 2 is 1.75 bits per heavy atom. The molecule has 0 aromatic carbocycles. The van der Waals surface area contributed by atoms with Crippen molar-refractivity contribution in [1.29, 1.82) is 0 Å². The summed E-state index contributed by atoms with van der Waals surface area (Å²) in [6.07, 6.45) is 3.09. The van der Waals surface area contributed by atoms with Crippen LogP contribution < -0.4 is 0 Å². The molecule has 0 aliphatic carbocycles. The van der Waals surface area contributed by atoms with Crippen LogP contribution in [0.1, 0.15) is 0 Å². The van der Waals surface area contributed by atoms with E-state index in [0.29, 0.717) is 5.78 Å². The van der Waals surface area contributed by atoms with Crippen LogP contribution in [0.2, 0.25) is 0 Å². The van der Waals surface area contributed by atoms with Crippen molar-refractivity contribution >= 4 is 11.2 Å². The number of hydrogen-bond donors (Lipinski definition) is 0. The third-order valence-corrected chi connectivity index (χ3v) is 0.891. The van der Waals surface area contributed by atoms with E-state index in [2.05, 4.69) is 19.4 Å². The standard InChI is InChI=1S/C4H2N2O2/c1-3-2-6-8-4(3)7-5-1/h1-2H. The summed E-state index contributed by atoms with van der Waals surface area (Å²) in [6, 6.07) is 0. The molecular weight excluding hydrogens is 108 g/mol. The van der Waals surface area contributed by atoms with Gasteiger partial charge in [0.05, 0.1) is 12.4 Å². The molecule has 4 heteroatoms. The molecular formula is C4H2N2O2. The molecule has 0 fully saturated rings. The monoisotopic (exact) mass is 110 g/mol. The van der Waals surface area contributed by atoms with Gasteiger partial charge in [-0.3, -0.25) is 0 Å². The van der Waals surface area contributed by atoms with Crippen LogP contribution in [0, 0.1) is 0 Å². The Morgan fingerprint density at radius 3 is 2.25 bits per heavy atom. The lowest BCUT2D eigenvalue weighted by atomic mass is 10.5. The van der Waals surface area contributed by atoms with E-state index in [-0.39, 0.29) is 0 Å². The van der Waals surface area contributed by atoms with Crippen LogP contribution in [0.5, 0.6) is 0 Å². The minimum Gasteiger partial charge on any atom is -0.315 e. The third kappa shape index (κ3) is 0.294. The molecule has 0 saturated heterocycles. The minimum absolute atomic E-state index is 0.380. The normalized spacial score (nSPS) is 10.5. The molecule has 0 amide bonds. The van der Waals surface area contributed by atoms with E-state index in [1.165, 1.54) is 0 Å². The maximum atomic E-state index is 4.58. The highest BCUT2D eigenvalue weighted by Crippen LogP contribution is 2.09. The Morgan fingerprint density at radius 1 is 1.12 bits per heavy atom. The summed E-state index contributed by atoms with van der Waals surface area (Å²) >= 11 is 0. The first-order valence-electron chi connectivity index (χ1n) is 2.12. The largest absolute Gasteiger partial charge is 0.348 e. The van der Waals surface area contributed by atoms with Gasteiger partial charge in [0, 0.05) is 0 Å². The number of nitrogens with zero attached hydrogens (tertiary/aromatic N) is 2. The molecule has 0 spiro atoms. The van der Waals surface area contributed by atoms with Gasteiger partial charge in [-0.25, -0.2) is 0 Å². The molecule has 0 bridgehead atoms. The van der Waals surface area contributed by atoms with Crippen LogP contribution in [-0.2, 0) is 0 Å². The van der Waals surface area contributed by atoms with E-state index in [9.17, 15) is 0 Å². The van der Waals surface area contributed by atoms with Crippen molar-refractivity contribution in [2.45, 2.75) is 0 Å². The fourth-order valence-electron chi connectivity index (χ4n) is 0.523. The summed E-state index contributed by atoms with van der Waals surface area (Å²) in [7, 11) is 0. The summed E-state index contributed by atoms with van der Waals surface area (Å²) in [5.41, 5.74) is 0. The van der Waals surface area contributed by atoms with Crippen LogP contribution in [-0.4, -0.2) is 10.3 Å². The van der Waals surface area contributed by atoms with E-state index < -0.39 is 0 Å². The lowest BCUT2D eigenvalue weighted by Crippen LogP contribution is -1.49. The molecule has 2 aromatic heterocycles. The molecule has 0 aliphatic heterocycles. The molecule has 0 aliphatic rings. The molecule has 2 rings (SSSR count). The second-order valence-corrected chi connectivity index (χ2v) is 1.39. The lowest BCUT2D eigenvalue weighted by molar-refractivity contribution is 0.340. The topological polar surface area (TPSA) is 52.1 Å².